The lowest BCUT2D eigenvalue weighted by atomic mass is 9.85. The second kappa shape index (κ2) is 7.02. The van der Waals surface area contributed by atoms with Crippen molar-refractivity contribution in [1.29, 1.82) is 0 Å². The van der Waals surface area contributed by atoms with Crippen LogP contribution < -0.4 is 14.8 Å². The van der Waals surface area contributed by atoms with Gasteiger partial charge in [0.2, 0.25) is 0 Å². The fourth-order valence-corrected chi connectivity index (χ4v) is 3.27. The predicted molar refractivity (Wildman–Crippen MR) is 89.9 cm³/mol. The molecule has 1 aliphatic carbocycles. The second-order valence-electron chi connectivity index (χ2n) is 5.83. The van der Waals surface area contributed by atoms with Gasteiger partial charge in [0.15, 0.2) is 11.5 Å². The van der Waals surface area contributed by atoms with Crippen LogP contribution in [0.15, 0.2) is 42.5 Å². The molecule has 0 radical (unpaired) electrons. The highest BCUT2D eigenvalue weighted by Gasteiger charge is 2.30. The van der Waals surface area contributed by atoms with Gasteiger partial charge in [0.05, 0.1) is 20.3 Å². The molecule has 0 heterocycles. The maximum Gasteiger partial charge on any atom is 0.164 e. The van der Waals surface area contributed by atoms with Crippen LogP contribution in [0.4, 0.5) is 0 Å². The third-order valence-electron chi connectivity index (χ3n) is 4.50. The summed E-state index contributed by atoms with van der Waals surface area (Å²) in [6, 6.07) is 14.1. The first kappa shape index (κ1) is 15.8. The number of hydrogen-bond donors (Lipinski definition) is 2. The molecule has 4 nitrogen and oxygen atoms in total. The van der Waals surface area contributed by atoms with Crippen LogP contribution in [0.1, 0.15) is 29.2 Å². The van der Waals surface area contributed by atoms with Crippen molar-refractivity contribution < 1.29 is 14.6 Å². The number of hydrogen-bond acceptors (Lipinski definition) is 4. The van der Waals surface area contributed by atoms with Crippen molar-refractivity contribution in [1.82, 2.24) is 5.32 Å². The van der Waals surface area contributed by atoms with E-state index in [9.17, 15) is 5.11 Å². The zero-order chi connectivity index (χ0) is 16.2. The quantitative estimate of drug-likeness (QED) is 0.891. The average molecular weight is 313 g/mol. The lowest BCUT2D eigenvalue weighted by molar-refractivity contribution is 0.113. The summed E-state index contributed by atoms with van der Waals surface area (Å²) in [4.78, 5) is 0. The molecule has 0 amide bonds. The molecule has 1 aliphatic rings. The van der Waals surface area contributed by atoms with Crippen molar-refractivity contribution >= 4 is 0 Å². The van der Waals surface area contributed by atoms with E-state index in [1.807, 2.05) is 30.3 Å². The minimum Gasteiger partial charge on any atom is -0.493 e. The summed E-state index contributed by atoms with van der Waals surface area (Å²) < 4.78 is 10.8. The van der Waals surface area contributed by atoms with E-state index in [0.717, 1.165) is 36.3 Å². The number of rotatable bonds is 5. The Bertz CT molecular complexity index is 657. The van der Waals surface area contributed by atoms with Gasteiger partial charge >= 0.3 is 0 Å². The van der Waals surface area contributed by atoms with Crippen LogP contribution in [0, 0.1) is 0 Å². The molecule has 0 bridgehead atoms. The SMILES string of the molecule is COc1ccc2c(c1OC)CC[C@H](NCc1ccccc1)[C@H]2O. The number of fused-ring (bicyclic) bond motifs is 1. The molecule has 0 aromatic heterocycles. The molecule has 2 atom stereocenters. The molecular formula is C19H23NO3. The predicted octanol–water partition coefficient (Wildman–Crippen LogP) is 2.84. The maximum absolute atomic E-state index is 10.7. The minimum atomic E-state index is -0.540. The van der Waals surface area contributed by atoms with Gasteiger partial charge in [-0.1, -0.05) is 36.4 Å². The van der Waals surface area contributed by atoms with E-state index in [4.69, 9.17) is 9.47 Å². The number of nitrogens with one attached hydrogen (secondary N) is 1. The summed E-state index contributed by atoms with van der Waals surface area (Å²) >= 11 is 0. The van der Waals surface area contributed by atoms with Crippen molar-refractivity contribution in [2.75, 3.05) is 14.2 Å². The van der Waals surface area contributed by atoms with E-state index >= 15 is 0 Å². The largest absolute Gasteiger partial charge is 0.493 e. The molecule has 23 heavy (non-hydrogen) atoms. The minimum absolute atomic E-state index is 0.0424. The summed E-state index contributed by atoms with van der Waals surface area (Å²) in [6.45, 7) is 0.755. The van der Waals surface area contributed by atoms with E-state index in [2.05, 4.69) is 17.4 Å². The van der Waals surface area contributed by atoms with Gasteiger partial charge in [-0.3, -0.25) is 0 Å². The van der Waals surface area contributed by atoms with Gasteiger partial charge in [0, 0.05) is 18.2 Å². The molecule has 3 rings (SSSR count). The van der Waals surface area contributed by atoms with Gasteiger partial charge in [-0.05, 0) is 30.0 Å². The zero-order valence-corrected chi connectivity index (χ0v) is 13.6. The van der Waals surface area contributed by atoms with Crippen LogP contribution in [-0.2, 0) is 13.0 Å². The van der Waals surface area contributed by atoms with E-state index < -0.39 is 6.10 Å². The Morgan fingerprint density at radius 3 is 2.57 bits per heavy atom. The summed E-state index contributed by atoms with van der Waals surface area (Å²) in [6.07, 6.45) is 1.19. The molecular weight excluding hydrogens is 290 g/mol. The van der Waals surface area contributed by atoms with Crippen molar-refractivity contribution in [3.63, 3.8) is 0 Å². The Kier molecular flexibility index (Phi) is 4.84. The van der Waals surface area contributed by atoms with E-state index in [1.54, 1.807) is 14.2 Å². The van der Waals surface area contributed by atoms with Gasteiger partial charge in [-0.25, -0.2) is 0 Å². The third-order valence-corrected chi connectivity index (χ3v) is 4.50. The van der Waals surface area contributed by atoms with Gasteiger partial charge in [0.1, 0.15) is 0 Å². The molecule has 2 aromatic rings. The van der Waals surface area contributed by atoms with Crippen LogP contribution in [-0.4, -0.2) is 25.4 Å². The van der Waals surface area contributed by atoms with Crippen LogP contribution >= 0.6 is 0 Å². The highest BCUT2D eigenvalue weighted by atomic mass is 16.5. The van der Waals surface area contributed by atoms with Crippen molar-refractivity contribution in [3.05, 3.63) is 59.2 Å². The Morgan fingerprint density at radius 1 is 1.09 bits per heavy atom. The lowest BCUT2D eigenvalue weighted by Crippen LogP contribution is -2.38. The number of aliphatic hydroxyl groups excluding tert-OH is 1. The summed E-state index contributed by atoms with van der Waals surface area (Å²) in [5.74, 6) is 1.46. The average Bonchev–Trinajstić information content (AvgIpc) is 2.61. The fraction of sp³-hybridized carbons (Fsp3) is 0.368. The summed E-state index contributed by atoms with van der Waals surface area (Å²) in [5.41, 5.74) is 3.20. The molecule has 2 N–H and O–H groups in total. The Morgan fingerprint density at radius 2 is 1.87 bits per heavy atom. The van der Waals surface area contributed by atoms with Crippen molar-refractivity contribution in [2.45, 2.75) is 31.5 Å². The summed E-state index contributed by atoms with van der Waals surface area (Å²) in [7, 11) is 3.28. The second-order valence-corrected chi connectivity index (χ2v) is 5.83. The first-order valence-electron chi connectivity index (χ1n) is 7.93. The number of methoxy groups -OCH3 is 2. The summed E-state index contributed by atoms with van der Waals surface area (Å²) in [5, 5.41) is 14.2. The van der Waals surface area contributed by atoms with Crippen molar-refractivity contribution in [2.24, 2.45) is 0 Å². The smallest absolute Gasteiger partial charge is 0.164 e. The van der Waals surface area contributed by atoms with Gasteiger partial charge < -0.3 is 19.9 Å². The topological polar surface area (TPSA) is 50.7 Å². The number of aliphatic hydroxyl groups is 1. The first-order chi connectivity index (χ1) is 11.2. The number of ether oxygens (including phenoxy) is 2. The molecule has 0 saturated heterocycles. The Labute approximate surface area is 137 Å². The van der Waals surface area contributed by atoms with Crippen molar-refractivity contribution in [3.8, 4) is 11.5 Å². The monoisotopic (exact) mass is 313 g/mol. The third kappa shape index (κ3) is 3.19. The van der Waals surface area contributed by atoms with Crippen LogP contribution in [0.25, 0.3) is 0 Å². The maximum atomic E-state index is 10.7. The van der Waals surface area contributed by atoms with Gasteiger partial charge in [-0.2, -0.15) is 0 Å². The standard InChI is InChI=1S/C19H23NO3/c1-22-17-11-9-14-15(19(17)23-2)8-10-16(18(14)21)20-12-13-6-4-3-5-7-13/h3-7,9,11,16,18,20-21H,8,10,12H2,1-2H3/t16-,18-/m0/s1. The van der Waals surface area contributed by atoms with Crippen LogP contribution in [0.5, 0.6) is 11.5 Å². The first-order valence-corrected chi connectivity index (χ1v) is 7.93. The van der Waals surface area contributed by atoms with Gasteiger partial charge in [0.25, 0.3) is 0 Å². The zero-order valence-electron chi connectivity index (χ0n) is 13.6. The van der Waals surface area contributed by atoms with E-state index in [1.165, 1.54) is 5.56 Å². The van der Waals surface area contributed by atoms with Crippen LogP contribution in [0.2, 0.25) is 0 Å². The molecule has 2 aromatic carbocycles. The fourth-order valence-electron chi connectivity index (χ4n) is 3.27. The molecule has 122 valence electrons. The Balaban J connectivity index is 1.77. The van der Waals surface area contributed by atoms with Crippen LogP contribution in [0.3, 0.4) is 0 Å². The van der Waals surface area contributed by atoms with Gasteiger partial charge in [-0.15, -0.1) is 0 Å². The van der Waals surface area contributed by atoms with E-state index in [0.29, 0.717) is 5.75 Å². The molecule has 0 fully saturated rings. The molecule has 0 spiro atoms. The molecule has 0 unspecified atom stereocenters. The highest BCUT2D eigenvalue weighted by molar-refractivity contribution is 5.52. The highest BCUT2D eigenvalue weighted by Crippen LogP contribution is 2.40. The normalized spacial score (nSPS) is 20.0. The molecule has 0 saturated carbocycles. The lowest BCUT2D eigenvalue weighted by Gasteiger charge is -2.32. The Hall–Kier alpha value is -2.04. The number of benzene rings is 2. The molecule has 4 heteroatoms. The van der Waals surface area contributed by atoms with E-state index in [-0.39, 0.29) is 6.04 Å². The molecule has 0 aliphatic heterocycles.